The maximum atomic E-state index is 12.5. The molecule has 0 saturated heterocycles. The lowest BCUT2D eigenvalue weighted by atomic mass is 9.95. The lowest BCUT2D eigenvalue weighted by molar-refractivity contribution is -0.140. The fourth-order valence-corrected chi connectivity index (χ4v) is 2.82. The van der Waals surface area contributed by atoms with Gasteiger partial charge >= 0.3 is 5.97 Å². The maximum Gasteiger partial charge on any atom is 0.338 e. The largest absolute Gasteiger partial charge is 0.460 e. The second kappa shape index (κ2) is 7.90. The number of methoxy groups -OCH3 is 1. The Kier molecular flexibility index (Phi) is 6.15. The number of carbonyl (C=O) groups is 1. The summed E-state index contributed by atoms with van der Waals surface area (Å²) >= 11 is 8.77. The molecular weight excluding hydrogens is 380 g/mol. The van der Waals surface area contributed by atoms with Gasteiger partial charge in [-0.15, -0.1) is 0 Å². The summed E-state index contributed by atoms with van der Waals surface area (Å²) in [5.74, 6) is -0.366. The zero-order chi connectivity index (χ0) is 17.0. The molecule has 1 atom stereocenters. The first-order valence-corrected chi connectivity index (χ1v) is 8.32. The number of rotatable bonds is 5. The minimum absolute atomic E-state index is 0.216. The van der Waals surface area contributed by atoms with Gasteiger partial charge in [0, 0.05) is 24.3 Å². The van der Waals surface area contributed by atoms with E-state index in [9.17, 15) is 4.79 Å². The molecule has 1 N–H and O–H groups in total. The Morgan fingerprint density at radius 2 is 2.00 bits per heavy atom. The van der Waals surface area contributed by atoms with E-state index in [1.807, 2.05) is 38.2 Å². The van der Waals surface area contributed by atoms with Crippen LogP contribution in [0, 0.1) is 0 Å². The number of allylic oxidation sites excluding steroid dienone is 1. The van der Waals surface area contributed by atoms with Crippen LogP contribution < -0.4 is 5.32 Å². The minimum Gasteiger partial charge on any atom is -0.460 e. The summed E-state index contributed by atoms with van der Waals surface area (Å²) in [6, 6.07) is 7.43. The van der Waals surface area contributed by atoms with E-state index in [0.29, 0.717) is 17.3 Å². The van der Waals surface area contributed by atoms with Crippen LogP contribution in [0.25, 0.3) is 0 Å². The molecule has 7 heteroatoms. The van der Waals surface area contributed by atoms with E-state index in [2.05, 4.69) is 21.2 Å². The monoisotopic (exact) mass is 398 g/mol. The first-order chi connectivity index (χ1) is 11.0. The maximum absolute atomic E-state index is 12.5. The molecule has 0 amide bonds. The third-order valence-electron chi connectivity index (χ3n) is 3.70. The third-order valence-corrected chi connectivity index (χ3v) is 4.62. The highest BCUT2D eigenvalue weighted by Gasteiger charge is 2.33. The molecule has 23 heavy (non-hydrogen) atoms. The molecule has 1 aromatic carbocycles. The van der Waals surface area contributed by atoms with E-state index in [4.69, 9.17) is 21.7 Å². The Bertz CT molecular complexity index is 631. The Hall–Kier alpha value is -1.44. The Morgan fingerprint density at radius 1 is 1.35 bits per heavy atom. The number of thiocarbonyl (C=S) groups is 1. The van der Waals surface area contributed by atoms with Crippen LogP contribution in [0.15, 0.2) is 40.0 Å². The van der Waals surface area contributed by atoms with Crippen LogP contribution in [0.3, 0.4) is 0 Å². The van der Waals surface area contributed by atoms with Crippen molar-refractivity contribution < 1.29 is 14.3 Å². The van der Waals surface area contributed by atoms with Crippen molar-refractivity contribution >= 4 is 39.2 Å². The molecule has 0 aliphatic carbocycles. The van der Waals surface area contributed by atoms with Crippen molar-refractivity contribution in [3.63, 3.8) is 0 Å². The molecule has 0 aromatic heterocycles. The van der Waals surface area contributed by atoms with Gasteiger partial charge in [-0.3, -0.25) is 0 Å². The second-order valence-electron chi connectivity index (χ2n) is 5.12. The van der Waals surface area contributed by atoms with E-state index in [-0.39, 0.29) is 18.6 Å². The van der Waals surface area contributed by atoms with Crippen molar-refractivity contribution in [2.75, 3.05) is 27.4 Å². The molecule has 1 aliphatic heterocycles. The molecular formula is C16H19BrN2O3S. The molecule has 0 spiro atoms. The Balaban J connectivity index is 2.35. The van der Waals surface area contributed by atoms with Gasteiger partial charge in [0.05, 0.1) is 18.2 Å². The number of carbonyl (C=O) groups excluding carboxylic acids is 1. The number of benzene rings is 1. The van der Waals surface area contributed by atoms with E-state index >= 15 is 0 Å². The zero-order valence-electron chi connectivity index (χ0n) is 13.3. The third kappa shape index (κ3) is 4.10. The fraction of sp³-hybridized carbons (Fsp3) is 0.375. The molecule has 1 aromatic rings. The van der Waals surface area contributed by atoms with Crippen molar-refractivity contribution in [1.82, 2.24) is 10.2 Å². The summed E-state index contributed by atoms with van der Waals surface area (Å²) in [7, 11) is 3.39. The van der Waals surface area contributed by atoms with Gasteiger partial charge in [-0.2, -0.15) is 0 Å². The lowest BCUT2D eigenvalue weighted by Gasteiger charge is -2.35. The van der Waals surface area contributed by atoms with Gasteiger partial charge in [-0.05, 0) is 36.8 Å². The number of nitrogens with zero attached hydrogens (tertiary/aromatic N) is 1. The van der Waals surface area contributed by atoms with Gasteiger partial charge in [0.1, 0.15) is 6.61 Å². The summed E-state index contributed by atoms with van der Waals surface area (Å²) in [5, 5.41) is 3.78. The number of halogens is 1. The molecule has 1 unspecified atom stereocenters. The number of hydrogen-bond donors (Lipinski definition) is 1. The SMILES string of the molecule is COCCOC(=O)C1=C(C)N(C)C(=S)NC1c1ccc(Br)cc1. The average molecular weight is 399 g/mol. The van der Waals surface area contributed by atoms with Gasteiger partial charge < -0.3 is 19.7 Å². The van der Waals surface area contributed by atoms with Crippen LogP contribution >= 0.6 is 28.1 Å². The first-order valence-electron chi connectivity index (χ1n) is 7.12. The molecule has 0 saturated carbocycles. The molecule has 5 nitrogen and oxygen atoms in total. The normalized spacial score (nSPS) is 18.0. The number of nitrogens with one attached hydrogen (secondary N) is 1. The smallest absolute Gasteiger partial charge is 0.338 e. The molecule has 1 heterocycles. The molecule has 0 fully saturated rings. The average Bonchev–Trinajstić information content (AvgIpc) is 2.53. The number of hydrogen-bond acceptors (Lipinski definition) is 4. The summed E-state index contributed by atoms with van der Waals surface area (Å²) in [6.07, 6.45) is 0. The number of esters is 1. The summed E-state index contributed by atoms with van der Waals surface area (Å²) in [4.78, 5) is 14.3. The minimum atomic E-state index is -0.366. The van der Waals surface area contributed by atoms with Crippen LogP contribution in [0.4, 0.5) is 0 Å². The van der Waals surface area contributed by atoms with Crippen molar-refractivity contribution in [2.45, 2.75) is 13.0 Å². The summed E-state index contributed by atoms with van der Waals surface area (Å²) in [5.41, 5.74) is 2.28. The predicted octanol–water partition coefficient (Wildman–Crippen LogP) is 2.77. The highest BCUT2D eigenvalue weighted by atomic mass is 79.9. The van der Waals surface area contributed by atoms with Gasteiger partial charge in [-0.25, -0.2) is 4.79 Å². The predicted molar refractivity (Wildman–Crippen MR) is 95.9 cm³/mol. The van der Waals surface area contributed by atoms with Gasteiger partial charge in [0.15, 0.2) is 5.11 Å². The summed E-state index contributed by atoms with van der Waals surface area (Å²) in [6.45, 7) is 2.45. The second-order valence-corrected chi connectivity index (χ2v) is 6.42. The van der Waals surface area contributed by atoms with Crippen molar-refractivity contribution in [3.05, 3.63) is 45.6 Å². The van der Waals surface area contributed by atoms with Crippen molar-refractivity contribution in [2.24, 2.45) is 0 Å². The molecule has 0 radical (unpaired) electrons. The summed E-state index contributed by atoms with van der Waals surface area (Å²) < 4.78 is 11.2. The van der Waals surface area contributed by atoms with E-state index in [0.717, 1.165) is 15.7 Å². The number of ether oxygens (including phenoxy) is 2. The first kappa shape index (κ1) is 17.9. The van der Waals surface area contributed by atoms with Crippen LogP contribution in [-0.2, 0) is 14.3 Å². The van der Waals surface area contributed by atoms with Crippen LogP contribution in [-0.4, -0.2) is 43.4 Å². The van der Waals surface area contributed by atoms with Crippen molar-refractivity contribution in [3.8, 4) is 0 Å². The Labute approximate surface area is 149 Å². The quantitative estimate of drug-likeness (QED) is 0.467. The zero-order valence-corrected chi connectivity index (χ0v) is 15.7. The standard InChI is InChI=1S/C16H19BrN2O3S/c1-10-13(15(20)22-9-8-21-3)14(18-16(23)19(10)2)11-4-6-12(17)7-5-11/h4-7,14H,8-9H2,1-3H3,(H,18,23). The Morgan fingerprint density at radius 3 is 2.61 bits per heavy atom. The fourth-order valence-electron chi connectivity index (χ4n) is 2.30. The van der Waals surface area contributed by atoms with Gasteiger partial charge in [0.25, 0.3) is 0 Å². The lowest BCUT2D eigenvalue weighted by Crippen LogP contribution is -2.46. The highest BCUT2D eigenvalue weighted by Crippen LogP contribution is 2.31. The molecule has 1 aliphatic rings. The van der Waals surface area contributed by atoms with Gasteiger partial charge in [0.2, 0.25) is 0 Å². The van der Waals surface area contributed by atoms with E-state index in [1.54, 1.807) is 12.0 Å². The highest BCUT2D eigenvalue weighted by molar-refractivity contribution is 9.10. The van der Waals surface area contributed by atoms with Crippen LogP contribution in [0.5, 0.6) is 0 Å². The molecule has 124 valence electrons. The van der Waals surface area contributed by atoms with Gasteiger partial charge in [-0.1, -0.05) is 28.1 Å². The molecule has 2 rings (SSSR count). The molecule has 0 bridgehead atoms. The topological polar surface area (TPSA) is 50.8 Å². The van der Waals surface area contributed by atoms with E-state index in [1.165, 1.54) is 0 Å². The van der Waals surface area contributed by atoms with Crippen LogP contribution in [0.2, 0.25) is 0 Å². The van der Waals surface area contributed by atoms with Crippen molar-refractivity contribution in [1.29, 1.82) is 0 Å². The van der Waals surface area contributed by atoms with Crippen LogP contribution in [0.1, 0.15) is 18.5 Å². The van der Waals surface area contributed by atoms with E-state index < -0.39 is 0 Å².